The Morgan fingerprint density at radius 2 is 2.38 bits per heavy atom. The van der Waals surface area contributed by atoms with Gasteiger partial charge in [-0.15, -0.1) is 10.2 Å². The Morgan fingerprint density at radius 3 is 3.10 bits per heavy atom. The molecule has 1 aliphatic rings. The Bertz CT molecular complexity index is 636. The molecule has 21 heavy (non-hydrogen) atoms. The molecule has 1 amide bonds. The molecule has 1 fully saturated rings. The molecule has 1 unspecified atom stereocenters. The Labute approximate surface area is 127 Å². The van der Waals surface area contributed by atoms with Crippen LogP contribution in [0.25, 0.3) is 0 Å². The molecule has 2 aromatic heterocycles. The van der Waals surface area contributed by atoms with Gasteiger partial charge in [-0.1, -0.05) is 0 Å². The summed E-state index contributed by atoms with van der Waals surface area (Å²) in [5, 5.41) is 12.0. The first kappa shape index (κ1) is 14.2. The van der Waals surface area contributed by atoms with E-state index in [1.807, 2.05) is 34.1 Å². The van der Waals surface area contributed by atoms with E-state index in [1.165, 1.54) is 0 Å². The molecule has 3 heterocycles. The van der Waals surface area contributed by atoms with Crippen LogP contribution in [0.3, 0.4) is 0 Å². The summed E-state index contributed by atoms with van der Waals surface area (Å²) in [7, 11) is 0. The van der Waals surface area contributed by atoms with Gasteiger partial charge in [0.2, 0.25) is 0 Å². The Morgan fingerprint density at radius 1 is 1.52 bits per heavy atom. The number of aromatic nitrogens is 3. The van der Waals surface area contributed by atoms with E-state index in [-0.39, 0.29) is 12.0 Å². The van der Waals surface area contributed by atoms with Crippen LogP contribution >= 0.6 is 11.3 Å². The van der Waals surface area contributed by atoms with Crippen LogP contribution in [0.5, 0.6) is 0 Å². The van der Waals surface area contributed by atoms with Crippen LogP contribution in [0.15, 0.2) is 17.1 Å². The lowest BCUT2D eigenvalue weighted by molar-refractivity contribution is -0.0284. The number of carbonyl (C=O) groups is 1. The SMILES string of the molecule is CCn1cnnc1C1CN(C(=O)c2cscc2C)CCO1. The predicted octanol–water partition coefficient (Wildman–Crippen LogP) is 1.88. The molecule has 0 aromatic carbocycles. The van der Waals surface area contributed by atoms with Crippen molar-refractivity contribution in [2.75, 3.05) is 19.7 Å². The number of ether oxygens (including phenoxy) is 1. The summed E-state index contributed by atoms with van der Waals surface area (Å²) >= 11 is 1.56. The van der Waals surface area contributed by atoms with Crippen LogP contribution in [-0.4, -0.2) is 45.3 Å². The molecule has 0 bridgehead atoms. The fourth-order valence-electron chi connectivity index (χ4n) is 2.50. The van der Waals surface area contributed by atoms with Gasteiger partial charge < -0.3 is 14.2 Å². The van der Waals surface area contributed by atoms with Crippen molar-refractivity contribution in [1.82, 2.24) is 19.7 Å². The van der Waals surface area contributed by atoms with Crippen molar-refractivity contribution in [3.05, 3.63) is 34.0 Å². The maximum absolute atomic E-state index is 12.6. The van der Waals surface area contributed by atoms with Crippen LogP contribution in [-0.2, 0) is 11.3 Å². The number of rotatable bonds is 3. The molecule has 1 aliphatic heterocycles. The van der Waals surface area contributed by atoms with Crippen molar-refractivity contribution in [3.63, 3.8) is 0 Å². The van der Waals surface area contributed by atoms with Gasteiger partial charge in [0.25, 0.3) is 5.91 Å². The second kappa shape index (κ2) is 5.95. The highest BCUT2D eigenvalue weighted by molar-refractivity contribution is 7.08. The van der Waals surface area contributed by atoms with Crippen LogP contribution in [0.2, 0.25) is 0 Å². The topological polar surface area (TPSA) is 60.2 Å². The molecule has 2 aromatic rings. The van der Waals surface area contributed by atoms with Gasteiger partial charge in [-0.25, -0.2) is 0 Å². The average molecular weight is 306 g/mol. The van der Waals surface area contributed by atoms with Crippen molar-refractivity contribution >= 4 is 17.2 Å². The number of amides is 1. The lowest BCUT2D eigenvalue weighted by atomic mass is 10.1. The van der Waals surface area contributed by atoms with Crippen molar-refractivity contribution in [2.45, 2.75) is 26.5 Å². The van der Waals surface area contributed by atoms with E-state index >= 15 is 0 Å². The van der Waals surface area contributed by atoms with Crippen LogP contribution in [0.1, 0.15) is 34.8 Å². The van der Waals surface area contributed by atoms with E-state index in [2.05, 4.69) is 10.2 Å². The summed E-state index contributed by atoms with van der Waals surface area (Å²) in [6.45, 7) is 6.45. The fourth-order valence-corrected chi connectivity index (χ4v) is 3.32. The molecule has 0 N–H and O–H groups in total. The third-order valence-corrected chi connectivity index (χ3v) is 4.58. The first-order chi connectivity index (χ1) is 10.2. The smallest absolute Gasteiger partial charge is 0.255 e. The fraction of sp³-hybridized carbons (Fsp3) is 0.500. The number of carbonyl (C=O) groups excluding carboxylic acids is 1. The van der Waals surface area contributed by atoms with E-state index < -0.39 is 0 Å². The maximum Gasteiger partial charge on any atom is 0.255 e. The van der Waals surface area contributed by atoms with Crippen LogP contribution in [0, 0.1) is 6.92 Å². The molecule has 1 saturated heterocycles. The molecule has 0 saturated carbocycles. The average Bonchev–Trinajstić information content (AvgIpc) is 3.15. The maximum atomic E-state index is 12.6. The molecule has 7 heteroatoms. The van der Waals surface area contributed by atoms with Crippen LogP contribution in [0.4, 0.5) is 0 Å². The summed E-state index contributed by atoms with van der Waals surface area (Å²) in [4.78, 5) is 14.4. The van der Waals surface area contributed by atoms with Crippen molar-refractivity contribution in [1.29, 1.82) is 0 Å². The van der Waals surface area contributed by atoms with E-state index in [4.69, 9.17) is 4.74 Å². The zero-order valence-electron chi connectivity index (χ0n) is 12.2. The van der Waals surface area contributed by atoms with Gasteiger partial charge in [0.1, 0.15) is 12.4 Å². The largest absolute Gasteiger partial charge is 0.366 e. The van der Waals surface area contributed by atoms with Crippen molar-refractivity contribution in [3.8, 4) is 0 Å². The highest BCUT2D eigenvalue weighted by Gasteiger charge is 2.29. The zero-order chi connectivity index (χ0) is 14.8. The standard InChI is InChI=1S/C14H18N4O2S/c1-3-17-9-15-16-13(17)12-6-18(4-5-20-12)14(19)11-8-21-7-10(11)2/h7-9,12H,3-6H2,1-2H3. The Hall–Kier alpha value is -1.73. The van der Waals surface area contributed by atoms with E-state index in [0.29, 0.717) is 19.7 Å². The lowest BCUT2D eigenvalue weighted by Crippen LogP contribution is -2.43. The monoisotopic (exact) mass is 306 g/mol. The quantitative estimate of drug-likeness (QED) is 0.869. The number of thiophene rings is 1. The summed E-state index contributed by atoms with van der Waals surface area (Å²) in [5.41, 5.74) is 1.82. The van der Waals surface area contributed by atoms with Gasteiger partial charge in [0.15, 0.2) is 5.82 Å². The molecule has 0 radical (unpaired) electrons. The third-order valence-electron chi connectivity index (χ3n) is 3.71. The second-order valence-corrected chi connectivity index (χ2v) is 5.80. The number of nitrogens with zero attached hydrogens (tertiary/aromatic N) is 4. The van der Waals surface area contributed by atoms with Gasteiger partial charge >= 0.3 is 0 Å². The zero-order valence-corrected chi connectivity index (χ0v) is 13.0. The summed E-state index contributed by atoms with van der Waals surface area (Å²) in [5.74, 6) is 0.863. The second-order valence-electron chi connectivity index (χ2n) is 5.05. The Kier molecular flexibility index (Phi) is 4.03. The van der Waals surface area contributed by atoms with Crippen LogP contribution < -0.4 is 0 Å². The number of hydrogen-bond donors (Lipinski definition) is 0. The van der Waals surface area contributed by atoms with Crippen molar-refractivity contribution in [2.24, 2.45) is 0 Å². The number of hydrogen-bond acceptors (Lipinski definition) is 5. The number of aryl methyl sites for hydroxylation is 2. The molecule has 3 rings (SSSR count). The molecule has 0 spiro atoms. The normalized spacial score (nSPS) is 19.0. The van der Waals surface area contributed by atoms with Gasteiger partial charge in [-0.3, -0.25) is 4.79 Å². The first-order valence-corrected chi connectivity index (χ1v) is 7.96. The molecular weight excluding hydrogens is 288 g/mol. The van der Waals surface area contributed by atoms with Gasteiger partial charge in [-0.05, 0) is 24.8 Å². The summed E-state index contributed by atoms with van der Waals surface area (Å²) in [6.07, 6.45) is 1.49. The minimum Gasteiger partial charge on any atom is -0.366 e. The highest BCUT2D eigenvalue weighted by atomic mass is 32.1. The molecular formula is C14H18N4O2S. The molecule has 0 aliphatic carbocycles. The van der Waals surface area contributed by atoms with E-state index in [1.54, 1.807) is 17.7 Å². The predicted molar refractivity (Wildman–Crippen MR) is 79.3 cm³/mol. The minimum atomic E-state index is -0.205. The summed E-state index contributed by atoms with van der Waals surface area (Å²) < 4.78 is 7.73. The first-order valence-electron chi connectivity index (χ1n) is 7.02. The molecule has 1 atom stereocenters. The molecule has 112 valence electrons. The van der Waals surface area contributed by atoms with E-state index in [9.17, 15) is 4.79 Å². The van der Waals surface area contributed by atoms with Gasteiger partial charge in [0, 0.05) is 18.5 Å². The Balaban J connectivity index is 1.77. The summed E-state index contributed by atoms with van der Waals surface area (Å²) in [6, 6.07) is 0. The number of morpholine rings is 1. The third kappa shape index (κ3) is 2.71. The van der Waals surface area contributed by atoms with Crippen molar-refractivity contribution < 1.29 is 9.53 Å². The van der Waals surface area contributed by atoms with E-state index in [0.717, 1.165) is 23.5 Å². The highest BCUT2D eigenvalue weighted by Crippen LogP contribution is 2.23. The molecule has 6 nitrogen and oxygen atoms in total. The lowest BCUT2D eigenvalue weighted by Gasteiger charge is -2.32. The van der Waals surface area contributed by atoms with Gasteiger partial charge in [0.05, 0.1) is 18.7 Å². The minimum absolute atomic E-state index is 0.0737. The van der Waals surface area contributed by atoms with Gasteiger partial charge in [-0.2, -0.15) is 11.3 Å².